The summed E-state index contributed by atoms with van der Waals surface area (Å²) in [4.78, 5) is 7.28. The van der Waals surface area contributed by atoms with Gasteiger partial charge in [0.25, 0.3) is 0 Å². The van der Waals surface area contributed by atoms with Crippen molar-refractivity contribution in [2.24, 2.45) is 4.99 Å². The van der Waals surface area contributed by atoms with Gasteiger partial charge in [0.05, 0.1) is 4.90 Å². The number of anilines is 1. The fraction of sp³-hybridized carbons (Fsp3) is 0.435. The van der Waals surface area contributed by atoms with E-state index >= 15 is 0 Å². The van der Waals surface area contributed by atoms with Crippen LogP contribution in [0.5, 0.6) is 0 Å². The monoisotopic (exact) mass is 430 g/mol. The molecule has 0 aromatic heterocycles. The molecule has 0 aliphatic carbocycles. The van der Waals surface area contributed by atoms with Crippen molar-refractivity contribution < 1.29 is 8.42 Å². The van der Waals surface area contributed by atoms with Crippen molar-refractivity contribution in [3.05, 3.63) is 60.2 Å². The van der Waals surface area contributed by atoms with Gasteiger partial charge in [-0.3, -0.25) is 4.99 Å². The smallest absolute Gasteiger partial charge is 0.191 e. The van der Waals surface area contributed by atoms with Crippen molar-refractivity contribution in [1.82, 2.24) is 10.6 Å². The Labute approximate surface area is 181 Å². The third kappa shape index (κ3) is 8.45. The van der Waals surface area contributed by atoms with Crippen molar-refractivity contribution in [1.29, 1.82) is 0 Å². The molecule has 2 N–H and O–H groups in total. The summed E-state index contributed by atoms with van der Waals surface area (Å²) in [6, 6.07) is 17.5. The maximum atomic E-state index is 11.5. The number of sulfone groups is 1. The zero-order chi connectivity index (χ0) is 21.8. The Balaban J connectivity index is 1.72. The molecule has 0 atom stereocenters. The lowest BCUT2D eigenvalue weighted by molar-refractivity contribution is 0.602. The van der Waals surface area contributed by atoms with Gasteiger partial charge in [0.1, 0.15) is 0 Å². The van der Waals surface area contributed by atoms with Gasteiger partial charge in [0.15, 0.2) is 15.8 Å². The van der Waals surface area contributed by atoms with E-state index in [4.69, 9.17) is 0 Å². The molecule has 0 radical (unpaired) electrons. The van der Waals surface area contributed by atoms with Crippen LogP contribution < -0.4 is 15.5 Å². The number of guanidine groups is 1. The highest BCUT2D eigenvalue weighted by atomic mass is 32.2. The van der Waals surface area contributed by atoms with E-state index in [1.807, 2.05) is 18.2 Å². The Hall–Kier alpha value is -2.54. The summed E-state index contributed by atoms with van der Waals surface area (Å²) < 4.78 is 23.1. The van der Waals surface area contributed by atoms with Crippen LogP contribution in [0.1, 0.15) is 25.3 Å². The predicted molar refractivity (Wildman–Crippen MR) is 126 cm³/mol. The van der Waals surface area contributed by atoms with E-state index < -0.39 is 9.84 Å². The molecular weight excluding hydrogens is 396 g/mol. The summed E-state index contributed by atoms with van der Waals surface area (Å²) >= 11 is 0. The van der Waals surface area contributed by atoms with Crippen LogP contribution in [0.25, 0.3) is 0 Å². The van der Waals surface area contributed by atoms with Crippen LogP contribution in [0, 0.1) is 0 Å². The number of hydrogen-bond donors (Lipinski definition) is 2. The van der Waals surface area contributed by atoms with Gasteiger partial charge in [0.2, 0.25) is 0 Å². The summed E-state index contributed by atoms with van der Waals surface area (Å²) in [6.45, 7) is 5.39. The van der Waals surface area contributed by atoms with E-state index in [1.165, 1.54) is 11.9 Å². The van der Waals surface area contributed by atoms with Gasteiger partial charge in [-0.25, -0.2) is 8.42 Å². The molecule has 2 rings (SSSR count). The van der Waals surface area contributed by atoms with Gasteiger partial charge < -0.3 is 15.5 Å². The molecule has 0 saturated heterocycles. The molecule has 6 nitrogen and oxygen atoms in total. The number of rotatable bonds is 11. The van der Waals surface area contributed by atoms with Gasteiger partial charge in [-0.05, 0) is 56.0 Å². The summed E-state index contributed by atoms with van der Waals surface area (Å²) in [5.41, 5.74) is 2.33. The molecule has 0 bridgehead atoms. The third-order valence-electron chi connectivity index (χ3n) is 4.77. The summed E-state index contributed by atoms with van der Waals surface area (Å²) in [5, 5.41) is 6.62. The second kappa shape index (κ2) is 12.2. The van der Waals surface area contributed by atoms with Crippen LogP contribution in [0.2, 0.25) is 0 Å². The Bertz CT molecular complexity index is 881. The van der Waals surface area contributed by atoms with E-state index in [0.717, 1.165) is 57.0 Å². The summed E-state index contributed by atoms with van der Waals surface area (Å²) in [7, 11) is -1.03. The molecule has 2 aromatic carbocycles. The molecule has 0 aliphatic heterocycles. The first kappa shape index (κ1) is 23.7. The highest BCUT2D eigenvalue weighted by molar-refractivity contribution is 7.90. The van der Waals surface area contributed by atoms with Gasteiger partial charge >= 0.3 is 0 Å². The van der Waals surface area contributed by atoms with E-state index in [-0.39, 0.29) is 0 Å². The number of unbranched alkanes of at least 4 members (excludes halogenated alkanes) is 1. The number of nitrogens with one attached hydrogen (secondary N) is 2. The molecule has 2 aromatic rings. The molecule has 0 spiro atoms. The average molecular weight is 431 g/mol. The molecule has 0 amide bonds. The Morgan fingerprint density at radius 3 is 2.33 bits per heavy atom. The Morgan fingerprint density at radius 1 is 1.00 bits per heavy atom. The molecule has 0 fully saturated rings. The first-order valence-corrected chi connectivity index (χ1v) is 12.4. The standard InChI is InChI=1S/C23H34N4O2S/c1-4-24-23(25-17-8-9-19-27(2)21-10-6-5-7-11-21)26-18-16-20-12-14-22(15-13-20)30(3,28)29/h5-7,10-15H,4,8-9,16-19H2,1-3H3,(H2,24,25,26). The minimum absolute atomic E-state index is 0.354. The lowest BCUT2D eigenvalue weighted by Crippen LogP contribution is -2.38. The molecule has 0 unspecified atom stereocenters. The van der Waals surface area contributed by atoms with Gasteiger partial charge in [-0.2, -0.15) is 0 Å². The summed E-state index contributed by atoms with van der Waals surface area (Å²) in [6.07, 6.45) is 4.14. The highest BCUT2D eigenvalue weighted by Gasteiger charge is 2.06. The molecule has 0 aliphatic rings. The van der Waals surface area contributed by atoms with Crippen molar-refractivity contribution >= 4 is 21.5 Å². The van der Waals surface area contributed by atoms with Gasteiger partial charge in [-0.15, -0.1) is 0 Å². The van der Waals surface area contributed by atoms with E-state index in [2.05, 4.69) is 58.8 Å². The maximum Gasteiger partial charge on any atom is 0.191 e. The SMILES string of the molecule is CCNC(=NCCCCN(C)c1ccccc1)NCCc1ccc(S(C)(=O)=O)cc1. The zero-order valence-electron chi connectivity index (χ0n) is 18.3. The quantitative estimate of drug-likeness (QED) is 0.326. The minimum Gasteiger partial charge on any atom is -0.375 e. The summed E-state index contributed by atoms with van der Waals surface area (Å²) in [5.74, 6) is 0.821. The maximum absolute atomic E-state index is 11.5. The molecule has 164 valence electrons. The molecule has 30 heavy (non-hydrogen) atoms. The predicted octanol–water partition coefficient (Wildman–Crippen LogP) is 3.10. The average Bonchev–Trinajstić information content (AvgIpc) is 2.73. The lowest BCUT2D eigenvalue weighted by Gasteiger charge is -2.18. The van der Waals surface area contributed by atoms with E-state index in [1.54, 1.807) is 12.1 Å². The number of hydrogen-bond acceptors (Lipinski definition) is 4. The fourth-order valence-corrected chi connectivity index (χ4v) is 3.66. The number of aliphatic imine (C=N–C) groups is 1. The van der Waals surface area contributed by atoms with Crippen LogP contribution in [-0.4, -0.2) is 53.9 Å². The topological polar surface area (TPSA) is 73.8 Å². The Kier molecular flexibility index (Phi) is 9.67. The second-order valence-electron chi connectivity index (χ2n) is 7.32. The van der Waals surface area contributed by atoms with Crippen molar-refractivity contribution in [2.45, 2.75) is 31.1 Å². The first-order valence-electron chi connectivity index (χ1n) is 10.5. The van der Waals surface area contributed by atoms with Crippen LogP contribution in [0.4, 0.5) is 5.69 Å². The number of benzene rings is 2. The van der Waals surface area contributed by atoms with Gasteiger partial charge in [-0.1, -0.05) is 30.3 Å². The molecule has 7 heteroatoms. The van der Waals surface area contributed by atoms with Crippen LogP contribution >= 0.6 is 0 Å². The van der Waals surface area contributed by atoms with E-state index in [9.17, 15) is 8.42 Å². The fourth-order valence-electron chi connectivity index (χ4n) is 3.03. The van der Waals surface area contributed by atoms with E-state index in [0.29, 0.717) is 4.90 Å². The minimum atomic E-state index is -3.15. The van der Waals surface area contributed by atoms with Crippen LogP contribution in [-0.2, 0) is 16.3 Å². The number of nitrogens with zero attached hydrogens (tertiary/aromatic N) is 2. The molecule has 0 heterocycles. The second-order valence-corrected chi connectivity index (χ2v) is 9.33. The first-order chi connectivity index (χ1) is 14.4. The van der Waals surface area contributed by atoms with Crippen molar-refractivity contribution in [2.75, 3.05) is 44.4 Å². The normalized spacial score (nSPS) is 11.9. The highest BCUT2D eigenvalue weighted by Crippen LogP contribution is 2.12. The van der Waals surface area contributed by atoms with Gasteiger partial charge in [0, 0.05) is 45.2 Å². The zero-order valence-corrected chi connectivity index (χ0v) is 19.1. The molecule has 0 saturated carbocycles. The van der Waals surface area contributed by atoms with Crippen LogP contribution in [0.15, 0.2) is 64.5 Å². The van der Waals surface area contributed by atoms with Crippen molar-refractivity contribution in [3.63, 3.8) is 0 Å². The van der Waals surface area contributed by atoms with Crippen LogP contribution in [0.3, 0.4) is 0 Å². The number of para-hydroxylation sites is 1. The Morgan fingerprint density at radius 2 is 1.70 bits per heavy atom. The third-order valence-corrected chi connectivity index (χ3v) is 5.90. The molecular formula is C23H34N4O2S. The largest absolute Gasteiger partial charge is 0.375 e. The lowest BCUT2D eigenvalue weighted by atomic mass is 10.1. The van der Waals surface area contributed by atoms with Crippen molar-refractivity contribution in [3.8, 4) is 0 Å².